The van der Waals surface area contributed by atoms with Gasteiger partial charge < -0.3 is 14.2 Å². The van der Waals surface area contributed by atoms with E-state index in [1.54, 1.807) is 11.0 Å². The van der Waals surface area contributed by atoms with Crippen LogP contribution in [-0.2, 0) is 16.0 Å². The highest BCUT2D eigenvalue weighted by Crippen LogP contribution is 2.40. The maximum Gasteiger partial charge on any atom is 0.361 e. The first-order valence-corrected chi connectivity index (χ1v) is 8.17. The maximum absolute atomic E-state index is 12.5. The third kappa shape index (κ3) is 2.68. The Bertz CT molecular complexity index is 794. The van der Waals surface area contributed by atoms with Gasteiger partial charge in [0.25, 0.3) is 5.91 Å². The molecule has 2 aliphatic rings. The van der Waals surface area contributed by atoms with Crippen molar-refractivity contribution in [3.63, 3.8) is 0 Å². The van der Waals surface area contributed by atoms with E-state index in [1.165, 1.54) is 0 Å². The normalized spacial score (nSPS) is 19.2. The van der Waals surface area contributed by atoms with Gasteiger partial charge in [-0.2, -0.15) is 0 Å². The van der Waals surface area contributed by atoms with Gasteiger partial charge in [0.2, 0.25) is 0 Å². The molecule has 6 heteroatoms. The monoisotopic (exact) mass is 326 g/mol. The quantitative estimate of drug-likeness (QED) is 0.808. The summed E-state index contributed by atoms with van der Waals surface area (Å²) in [4.78, 5) is 26.2. The Kier molecular flexibility index (Phi) is 3.59. The lowest BCUT2D eigenvalue weighted by Gasteiger charge is -2.22. The van der Waals surface area contributed by atoms with Crippen LogP contribution in [0.5, 0.6) is 0 Å². The predicted octanol–water partition coefficient (Wildman–Crippen LogP) is 2.69. The van der Waals surface area contributed by atoms with Crippen molar-refractivity contribution < 1.29 is 18.8 Å². The molecule has 0 N–H and O–H groups in total. The number of ether oxygens (including phenoxy) is 1. The molecule has 1 atom stereocenters. The van der Waals surface area contributed by atoms with E-state index in [0.29, 0.717) is 5.92 Å². The zero-order valence-corrected chi connectivity index (χ0v) is 13.4. The van der Waals surface area contributed by atoms with Crippen molar-refractivity contribution in [1.29, 1.82) is 0 Å². The highest BCUT2D eigenvalue weighted by Gasteiger charge is 2.32. The van der Waals surface area contributed by atoms with E-state index in [0.717, 1.165) is 36.3 Å². The van der Waals surface area contributed by atoms with E-state index in [2.05, 4.69) is 5.16 Å². The molecule has 4 rings (SSSR count). The Balaban J connectivity index is 1.40. The molecule has 1 aromatic heterocycles. The molecule has 124 valence electrons. The average molecular weight is 326 g/mol. The summed E-state index contributed by atoms with van der Waals surface area (Å²) in [5.41, 5.74) is 2.15. The number of nitrogens with zero attached hydrogens (tertiary/aromatic N) is 2. The minimum absolute atomic E-state index is 0.0575. The van der Waals surface area contributed by atoms with Gasteiger partial charge in [-0.15, -0.1) is 0 Å². The SMILES string of the molecule is C[C@@H]1Cc2ccccc2N1C(=O)COC(=O)c1cc(C2CC2)on1. The number of anilines is 1. The number of rotatable bonds is 4. The second kappa shape index (κ2) is 5.78. The van der Waals surface area contributed by atoms with Crippen molar-refractivity contribution in [3.05, 3.63) is 47.3 Å². The molecule has 0 unspecified atom stereocenters. The lowest BCUT2D eigenvalue weighted by molar-refractivity contribution is -0.122. The molecule has 0 spiro atoms. The standard InChI is InChI=1S/C18H18N2O4/c1-11-8-13-4-2-3-5-15(13)20(11)17(21)10-23-18(22)14-9-16(24-19-14)12-6-7-12/h2-5,9,11-12H,6-8,10H2,1H3/t11-/m1/s1. The Morgan fingerprint density at radius 1 is 1.33 bits per heavy atom. The van der Waals surface area contributed by atoms with Gasteiger partial charge in [-0.25, -0.2) is 4.79 Å². The Morgan fingerprint density at radius 3 is 2.92 bits per heavy atom. The predicted molar refractivity (Wildman–Crippen MR) is 85.9 cm³/mol. The zero-order chi connectivity index (χ0) is 16.7. The molecule has 1 fully saturated rings. The molecule has 0 bridgehead atoms. The number of para-hydroxylation sites is 1. The first-order valence-electron chi connectivity index (χ1n) is 8.17. The summed E-state index contributed by atoms with van der Waals surface area (Å²) in [6.45, 7) is 1.68. The van der Waals surface area contributed by atoms with Crippen LogP contribution in [0.3, 0.4) is 0 Å². The number of fused-ring (bicyclic) bond motifs is 1. The van der Waals surface area contributed by atoms with Crippen LogP contribution in [0.2, 0.25) is 0 Å². The van der Waals surface area contributed by atoms with Crippen LogP contribution in [0.1, 0.15) is 47.5 Å². The van der Waals surface area contributed by atoms with Crippen LogP contribution in [-0.4, -0.2) is 29.7 Å². The van der Waals surface area contributed by atoms with E-state index in [1.807, 2.05) is 31.2 Å². The van der Waals surface area contributed by atoms with Crippen molar-refractivity contribution in [2.24, 2.45) is 0 Å². The number of benzene rings is 1. The number of carbonyl (C=O) groups excluding carboxylic acids is 2. The van der Waals surface area contributed by atoms with Crippen molar-refractivity contribution >= 4 is 17.6 Å². The molecule has 1 aromatic carbocycles. The summed E-state index contributed by atoms with van der Waals surface area (Å²) in [5.74, 6) is 0.240. The van der Waals surface area contributed by atoms with Gasteiger partial charge in [-0.1, -0.05) is 23.4 Å². The van der Waals surface area contributed by atoms with E-state index < -0.39 is 5.97 Å². The molecule has 24 heavy (non-hydrogen) atoms. The number of carbonyl (C=O) groups is 2. The van der Waals surface area contributed by atoms with Crippen molar-refractivity contribution in [2.75, 3.05) is 11.5 Å². The minimum atomic E-state index is -0.626. The Hall–Kier alpha value is -2.63. The number of hydrogen-bond acceptors (Lipinski definition) is 5. The number of esters is 1. The first-order chi connectivity index (χ1) is 11.6. The molecule has 6 nitrogen and oxygen atoms in total. The zero-order valence-electron chi connectivity index (χ0n) is 13.4. The van der Waals surface area contributed by atoms with Gasteiger partial charge in [0.15, 0.2) is 12.3 Å². The number of hydrogen-bond donors (Lipinski definition) is 0. The van der Waals surface area contributed by atoms with Crippen molar-refractivity contribution in [1.82, 2.24) is 5.16 Å². The number of amides is 1. The third-order valence-corrected chi connectivity index (χ3v) is 4.52. The topological polar surface area (TPSA) is 72.6 Å². The fourth-order valence-electron chi connectivity index (χ4n) is 3.16. The van der Waals surface area contributed by atoms with Gasteiger partial charge in [-0.3, -0.25) is 4.79 Å². The summed E-state index contributed by atoms with van der Waals surface area (Å²) < 4.78 is 10.3. The highest BCUT2D eigenvalue weighted by molar-refractivity contribution is 5.98. The molecule has 1 amide bonds. The third-order valence-electron chi connectivity index (χ3n) is 4.52. The summed E-state index contributed by atoms with van der Waals surface area (Å²) in [5, 5.41) is 3.73. The van der Waals surface area contributed by atoms with Crippen LogP contribution in [0.25, 0.3) is 0 Å². The van der Waals surface area contributed by atoms with Gasteiger partial charge in [0.1, 0.15) is 5.76 Å². The number of aromatic nitrogens is 1. The summed E-state index contributed by atoms with van der Waals surface area (Å²) in [7, 11) is 0. The molecule has 1 aliphatic carbocycles. The van der Waals surface area contributed by atoms with Crippen molar-refractivity contribution in [2.45, 2.75) is 38.1 Å². The van der Waals surface area contributed by atoms with E-state index in [9.17, 15) is 9.59 Å². The van der Waals surface area contributed by atoms with Gasteiger partial charge in [0.05, 0.1) is 0 Å². The molecular weight excluding hydrogens is 308 g/mol. The van der Waals surface area contributed by atoms with Gasteiger partial charge in [-0.05, 0) is 37.8 Å². The second-order valence-electron chi connectivity index (χ2n) is 6.41. The molecule has 2 aromatic rings. The van der Waals surface area contributed by atoms with E-state index in [-0.39, 0.29) is 24.2 Å². The van der Waals surface area contributed by atoms with Crippen LogP contribution in [0, 0.1) is 0 Å². The van der Waals surface area contributed by atoms with E-state index >= 15 is 0 Å². The molecule has 0 radical (unpaired) electrons. The summed E-state index contributed by atoms with van der Waals surface area (Å²) >= 11 is 0. The molecule has 1 saturated carbocycles. The Labute approximate surface area is 139 Å². The molecule has 1 aliphatic heterocycles. The first kappa shape index (κ1) is 14.9. The molecular formula is C18H18N2O4. The molecule has 0 saturated heterocycles. The minimum Gasteiger partial charge on any atom is -0.451 e. The lowest BCUT2D eigenvalue weighted by Crippen LogP contribution is -2.38. The largest absolute Gasteiger partial charge is 0.451 e. The average Bonchev–Trinajstić information content (AvgIpc) is 3.20. The lowest BCUT2D eigenvalue weighted by atomic mass is 10.1. The fourth-order valence-corrected chi connectivity index (χ4v) is 3.16. The summed E-state index contributed by atoms with van der Waals surface area (Å²) in [6.07, 6.45) is 2.94. The van der Waals surface area contributed by atoms with Gasteiger partial charge in [0, 0.05) is 23.7 Å². The van der Waals surface area contributed by atoms with Crippen LogP contribution in [0.15, 0.2) is 34.9 Å². The van der Waals surface area contributed by atoms with E-state index in [4.69, 9.17) is 9.26 Å². The van der Waals surface area contributed by atoms with Crippen molar-refractivity contribution in [3.8, 4) is 0 Å². The fraction of sp³-hybridized carbons (Fsp3) is 0.389. The summed E-state index contributed by atoms with van der Waals surface area (Å²) in [6, 6.07) is 9.46. The molecule has 2 heterocycles. The second-order valence-corrected chi connectivity index (χ2v) is 6.41. The van der Waals surface area contributed by atoms with Crippen LogP contribution < -0.4 is 4.90 Å². The maximum atomic E-state index is 12.5. The van der Waals surface area contributed by atoms with Gasteiger partial charge >= 0.3 is 5.97 Å². The van der Waals surface area contributed by atoms with Crippen LogP contribution >= 0.6 is 0 Å². The Morgan fingerprint density at radius 2 is 2.12 bits per heavy atom. The highest BCUT2D eigenvalue weighted by atomic mass is 16.5. The smallest absolute Gasteiger partial charge is 0.361 e. The van der Waals surface area contributed by atoms with Crippen LogP contribution in [0.4, 0.5) is 5.69 Å².